The molecule has 0 unspecified atom stereocenters. The monoisotopic (exact) mass is 340 g/mol. The molecule has 0 fully saturated rings. The number of hydrogen-bond donors (Lipinski definition) is 2. The molecule has 0 radical (unpaired) electrons. The highest BCUT2D eigenvalue weighted by Crippen LogP contribution is 2.04. The molecule has 0 saturated carbocycles. The molecule has 0 aliphatic carbocycles. The van der Waals surface area contributed by atoms with E-state index in [0.717, 1.165) is 11.3 Å². The molecule has 6 heteroatoms. The van der Waals surface area contributed by atoms with E-state index in [9.17, 15) is 9.59 Å². The lowest BCUT2D eigenvalue weighted by Gasteiger charge is -2.18. The number of carbonyl (C=O) groups is 2. The second-order valence-electron chi connectivity index (χ2n) is 6.72. The summed E-state index contributed by atoms with van der Waals surface area (Å²) in [5, 5.41) is 9.80. The van der Waals surface area contributed by atoms with Crippen LogP contribution in [0.15, 0.2) is 6.20 Å². The van der Waals surface area contributed by atoms with Gasteiger partial charge in [-0.2, -0.15) is 5.10 Å². The van der Waals surface area contributed by atoms with Gasteiger partial charge in [0.15, 0.2) is 0 Å². The largest absolute Gasteiger partial charge is 0.352 e. The van der Waals surface area contributed by atoms with Gasteiger partial charge in [0.1, 0.15) is 0 Å². The second-order valence-corrected chi connectivity index (χ2v) is 6.72. The Balaban J connectivity index is 0. The zero-order valence-electron chi connectivity index (χ0n) is 17.1. The summed E-state index contributed by atoms with van der Waals surface area (Å²) in [5.41, 5.74) is 1.96. The summed E-state index contributed by atoms with van der Waals surface area (Å²) in [6.45, 7) is 17.6. The van der Waals surface area contributed by atoms with E-state index in [1.165, 1.54) is 6.92 Å². The Labute approximate surface area is 147 Å². The third-order valence-electron chi connectivity index (χ3n) is 2.64. The molecule has 1 aromatic heterocycles. The van der Waals surface area contributed by atoms with Gasteiger partial charge in [-0.25, -0.2) is 0 Å². The number of rotatable bonds is 3. The average Bonchev–Trinajstić information content (AvgIpc) is 2.74. The number of amides is 2. The molecular formula is C18H36N4O2. The first kappa shape index (κ1) is 24.4. The van der Waals surface area contributed by atoms with Gasteiger partial charge in [-0.1, -0.05) is 27.7 Å². The van der Waals surface area contributed by atoms with Crippen LogP contribution in [0.1, 0.15) is 66.6 Å². The van der Waals surface area contributed by atoms with Gasteiger partial charge < -0.3 is 10.6 Å². The van der Waals surface area contributed by atoms with Gasteiger partial charge in [0.2, 0.25) is 11.8 Å². The third kappa shape index (κ3) is 12.7. The molecule has 1 heterocycles. The van der Waals surface area contributed by atoms with E-state index in [1.54, 1.807) is 4.68 Å². The van der Waals surface area contributed by atoms with Crippen molar-refractivity contribution in [1.82, 2.24) is 20.4 Å². The number of carbonyl (C=O) groups excluding carboxylic acids is 2. The summed E-state index contributed by atoms with van der Waals surface area (Å²) >= 11 is 0. The van der Waals surface area contributed by atoms with Crippen LogP contribution in [0.3, 0.4) is 0 Å². The molecule has 2 amide bonds. The average molecular weight is 341 g/mol. The molecular weight excluding hydrogens is 304 g/mol. The first-order chi connectivity index (χ1) is 10.9. The number of aromatic nitrogens is 2. The molecule has 1 rings (SSSR count). The van der Waals surface area contributed by atoms with Crippen molar-refractivity contribution in [2.45, 2.75) is 74.4 Å². The van der Waals surface area contributed by atoms with E-state index in [-0.39, 0.29) is 23.3 Å². The number of nitrogens with zero attached hydrogens (tertiary/aromatic N) is 2. The fourth-order valence-electron chi connectivity index (χ4n) is 1.74. The Bertz CT molecular complexity index is 500. The van der Waals surface area contributed by atoms with Gasteiger partial charge in [0.25, 0.3) is 0 Å². The van der Waals surface area contributed by atoms with E-state index >= 15 is 0 Å². The fourth-order valence-corrected chi connectivity index (χ4v) is 1.74. The van der Waals surface area contributed by atoms with E-state index in [1.807, 2.05) is 68.6 Å². The third-order valence-corrected chi connectivity index (χ3v) is 2.64. The normalized spacial score (nSPS) is 10.1. The lowest BCUT2D eigenvalue weighted by Crippen LogP contribution is -2.38. The lowest BCUT2D eigenvalue weighted by molar-refractivity contribution is -0.124. The smallest absolute Gasteiger partial charge is 0.222 e. The highest BCUT2D eigenvalue weighted by molar-refractivity contribution is 5.77. The van der Waals surface area contributed by atoms with Crippen molar-refractivity contribution in [3.05, 3.63) is 17.5 Å². The van der Waals surface area contributed by atoms with Crippen LogP contribution >= 0.6 is 0 Å². The number of nitrogens with one attached hydrogen (secondary N) is 2. The quantitative estimate of drug-likeness (QED) is 0.888. The first-order valence-electron chi connectivity index (χ1n) is 8.48. The number of hydrogen-bond acceptors (Lipinski definition) is 3. The molecule has 0 atom stereocenters. The Kier molecular flexibility index (Phi) is 11.8. The molecule has 0 aliphatic rings. The molecule has 140 valence electrons. The molecule has 1 aromatic rings. The van der Waals surface area contributed by atoms with Crippen molar-refractivity contribution in [2.75, 3.05) is 0 Å². The van der Waals surface area contributed by atoms with E-state index < -0.39 is 0 Å². The van der Waals surface area contributed by atoms with Crippen LogP contribution in [0.5, 0.6) is 0 Å². The first-order valence-corrected chi connectivity index (χ1v) is 8.48. The van der Waals surface area contributed by atoms with Crippen LogP contribution in [-0.2, 0) is 23.2 Å². The minimum absolute atomic E-state index is 0.0255. The van der Waals surface area contributed by atoms with Gasteiger partial charge in [0, 0.05) is 43.7 Å². The van der Waals surface area contributed by atoms with Crippen molar-refractivity contribution in [2.24, 2.45) is 13.0 Å². The maximum absolute atomic E-state index is 11.3. The SMILES string of the molecule is CC.CC(=O)NC(C)(C)C.Cc1nn(C)cc1CNC(=O)C(C)C. The van der Waals surface area contributed by atoms with Crippen LogP contribution in [0.25, 0.3) is 0 Å². The molecule has 6 nitrogen and oxygen atoms in total. The van der Waals surface area contributed by atoms with Crippen LogP contribution in [-0.4, -0.2) is 27.1 Å². The molecule has 0 bridgehead atoms. The molecule has 2 N–H and O–H groups in total. The predicted molar refractivity (Wildman–Crippen MR) is 99.5 cm³/mol. The Hall–Kier alpha value is -1.85. The molecule has 24 heavy (non-hydrogen) atoms. The minimum Gasteiger partial charge on any atom is -0.352 e. The van der Waals surface area contributed by atoms with Crippen molar-refractivity contribution in [3.63, 3.8) is 0 Å². The summed E-state index contributed by atoms with van der Waals surface area (Å²) in [7, 11) is 1.88. The maximum Gasteiger partial charge on any atom is 0.222 e. The van der Waals surface area contributed by atoms with Gasteiger partial charge >= 0.3 is 0 Å². The van der Waals surface area contributed by atoms with E-state index in [0.29, 0.717) is 6.54 Å². The van der Waals surface area contributed by atoms with Crippen molar-refractivity contribution >= 4 is 11.8 Å². The lowest BCUT2D eigenvalue weighted by atomic mass is 10.1. The van der Waals surface area contributed by atoms with Crippen molar-refractivity contribution in [1.29, 1.82) is 0 Å². The van der Waals surface area contributed by atoms with Crippen molar-refractivity contribution < 1.29 is 9.59 Å². The maximum atomic E-state index is 11.3. The van der Waals surface area contributed by atoms with E-state index in [4.69, 9.17) is 0 Å². The molecule has 0 aromatic carbocycles. The van der Waals surface area contributed by atoms with Crippen molar-refractivity contribution in [3.8, 4) is 0 Å². The Morgan fingerprint density at radius 3 is 2.00 bits per heavy atom. The number of aryl methyl sites for hydroxylation is 2. The van der Waals surface area contributed by atoms with Gasteiger partial charge in [-0.3, -0.25) is 14.3 Å². The molecule has 0 saturated heterocycles. The van der Waals surface area contributed by atoms with Crippen LogP contribution < -0.4 is 10.6 Å². The summed E-state index contributed by atoms with van der Waals surface area (Å²) in [6, 6.07) is 0. The molecule has 0 spiro atoms. The summed E-state index contributed by atoms with van der Waals surface area (Å²) < 4.78 is 1.76. The Morgan fingerprint density at radius 1 is 1.25 bits per heavy atom. The summed E-state index contributed by atoms with van der Waals surface area (Å²) in [6.07, 6.45) is 1.93. The predicted octanol–water partition coefficient (Wildman–Crippen LogP) is 2.95. The highest BCUT2D eigenvalue weighted by atomic mass is 16.2. The van der Waals surface area contributed by atoms with Crippen LogP contribution in [0, 0.1) is 12.8 Å². The zero-order valence-corrected chi connectivity index (χ0v) is 17.1. The second kappa shape index (κ2) is 11.6. The standard InChI is InChI=1S/C10H17N3O.C6H13NO.C2H6/c1-7(2)10(14)11-5-9-6-13(4)12-8(9)3;1-5(8)7-6(2,3)4;1-2/h6-7H,5H2,1-4H3,(H,11,14);1-4H3,(H,7,8);1-2H3. The fraction of sp³-hybridized carbons (Fsp3) is 0.722. The summed E-state index contributed by atoms with van der Waals surface area (Å²) in [4.78, 5) is 21.6. The Morgan fingerprint density at radius 2 is 1.75 bits per heavy atom. The van der Waals surface area contributed by atoms with Crippen LogP contribution in [0.2, 0.25) is 0 Å². The molecule has 0 aliphatic heterocycles. The van der Waals surface area contributed by atoms with Gasteiger partial charge in [0.05, 0.1) is 5.69 Å². The van der Waals surface area contributed by atoms with Gasteiger partial charge in [-0.05, 0) is 27.7 Å². The van der Waals surface area contributed by atoms with E-state index in [2.05, 4.69) is 15.7 Å². The van der Waals surface area contributed by atoms with Gasteiger partial charge in [-0.15, -0.1) is 0 Å². The summed E-state index contributed by atoms with van der Waals surface area (Å²) in [5.74, 6) is 0.137. The zero-order chi connectivity index (χ0) is 19.5. The van der Waals surface area contributed by atoms with Crippen LogP contribution in [0.4, 0.5) is 0 Å². The highest BCUT2D eigenvalue weighted by Gasteiger charge is 2.09. The topological polar surface area (TPSA) is 76.0 Å². The minimum atomic E-state index is -0.0775.